The van der Waals surface area contributed by atoms with Crippen LogP contribution in [0.4, 0.5) is 51.2 Å². The van der Waals surface area contributed by atoms with E-state index in [0.29, 0.717) is 0 Å². The molecule has 0 N–H and O–H groups in total. The first-order chi connectivity index (χ1) is 38.3. The lowest BCUT2D eigenvalue weighted by atomic mass is 9.32. The summed E-state index contributed by atoms with van der Waals surface area (Å²) in [6.07, 6.45) is 6.95. The Hall–Kier alpha value is -6.56. The van der Waals surface area contributed by atoms with Gasteiger partial charge >= 0.3 is 0 Å². The zero-order valence-electron chi connectivity index (χ0n) is 51.0. The monoisotopic (exact) mass is 1080 g/mol. The number of benzene rings is 8. The van der Waals surface area contributed by atoms with E-state index < -0.39 is 0 Å². The van der Waals surface area contributed by atoms with Gasteiger partial charge < -0.3 is 14.7 Å². The second-order valence-electron chi connectivity index (χ2n) is 30.1. The highest BCUT2D eigenvalue weighted by Crippen LogP contribution is 2.57. The van der Waals surface area contributed by atoms with E-state index in [2.05, 4.69) is 270 Å². The van der Waals surface area contributed by atoms with Gasteiger partial charge in [0.05, 0.1) is 11.4 Å². The van der Waals surface area contributed by atoms with Crippen LogP contribution in [0.5, 0.6) is 0 Å². The van der Waals surface area contributed by atoms with Gasteiger partial charge in [0.2, 0.25) is 0 Å². The second-order valence-corrected chi connectivity index (χ2v) is 31.2. The maximum Gasteiger partial charge on any atom is 0.252 e. The van der Waals surface area contributed by atoms with Gasteiger partial charge in [0, 0.05) is 60.0 Å². The van der Waals surface area contributed by atoms with Gasteiger partial charge in [0.15, 0.2) is 0 Å². The first kappa shape index (κ1) is 52.5. The van der Waals surface area contributed by atoms with E-state index in [-0.39, 0.29) is 44.6 Å². The molecule has 0 saturated carbocycles. The first-order valence-electron chi connectivity index (χ1n) is 30.4. The van der Waals surface area contributed by atoms with Crippen LogP contribution in [0.3, 0.4) is 0 Å². The maximum atomic E-state index is 2.78. The van der Waals surface area contributed by atoms with Crippen molar-refractivity contribution in [3.8, 4) is 0 Å². The summed E-state index contributed by atoms with van der Waals surface area (Å²) in [5.41, 5.74) is 25.6. The molecule has 1 aromatic heterocycles. The largest absolute Gasteiger partial charge is 0.311 e. The third-order valence-electron chi connectivity index (χ3n) is 20.9. The number of para-hydroxylation sites is 2. The molecule has 0 spiro atoms. The van der Waals surface area contributed by atoms with Crippen molar-refractivity contribution < 1.29 is 0 Å². The Morgan fingerprint density at radius 2 is 0.852 bits per heavy atom. The Bertz CT molecular complexity index is 4030. The molecule has 14 rings (SSSR count). The lowest BCUT2D eigenvalue weighted by molar-refractivity contribution is 0.332. The minimum Gasteiger partial charge on any atom is -0.311 e. The summed E-state index contributed by atoms with van der Waals surface area (Å²) in [4.78, 5) is 8.05. The zero-order chi connectivity index (χ0) is 56.7. The van der Waals surface area contributed by atoms with Crippen LogP contribution >= 0.6 is 11.3 Å². The Morgan fingerprint density at radius 1 is 0.407 bits per heavy atom. The molecule has 5 aliphatic rings. The lowest BCUT2D eigenvalue weighted by Crippen LogP contribution is -2.62. The van der Waals surface area contributed by atoms with Crippen molar-refractivity contribution in [1.29, 1.82) is 0 Å². The van der Waals surface area contributed by atoms with Crippen LogP contribution in [-0.2, 0) is 37.9 Å². The molecule has 3 heterocycles. The van der Waals surface area contributed by atoms with Crippen LogP contribution < -0.4 is 31.1 Å². The van der Waals surface area contributed by atoms with Crippen molar-refractivity contribution in [2.24, 2.45) is 0 Å². The molecule has 410 valence electrons. The molecule has 3 aliphatic carbocycles. The molecule has 8 aromatic carbocycles. The summed E-state index contributed by atoms with van der Waals surface area (Å²) in [5.74, 6) is 0. The highest BCUT2D eigenvalue weighted by molar-refractivity contribution is 7.26. The van der Waals surface area contributed by atoms with E-state index in [9.17, 15) is 0 Å². The summed E-state index contributed by atoms with van der Waals surface area (Å²) < 4.78 is 2.71. The number of hydrogen-bond donors (Lipinski definition) is 0. The molecule has 0 radical (unpaired) electrons. The van der Waals surface area contributed by atoms with E-state index in [4.69, 9.17) is 0 Å². The number of hydrogen-bond acceptors (Lipinski definition) is 4. The van der Waals surface area contributed by atoms with Gasteiger partial charge in [-0.25, -0.2) is 0 Å². The van der Waals surface area contributed by atoms with E-state index in [1.165, 1.54) is 116 Å². The van der Waals surface area contributed by atoms with E-state index in [1.807, 2.05) is 11.3 Å². The number of rotatable bonds is 5. The topological polar surface area (TPSA) is 9.72 Å². The Kier molecular flexibility index (Phi) is 11.3. The van der Waals surface area contributed by atoms with Crippen molar-refractivity contribution in [2.45, 2.75) is 180 Å². The minimum atomic E-state index is -0.0630. The van der Waals surface area contributed by atoms with E-state index in [1.54, 1.807) is 0 Å². The molecule has 9 aromatic rings. The fraction of sp³-hybridized carbons (Fsp3) is 0.368. The maximum absolute atomic E-state index is 2.78. The second kappa shape index (κ2) is 17.5. The van der Waals surface area contributed by atoms with Gasteiger partial charge in [-0.15, -0.1) is 11.3 Å². The van der Waals surface area contributed by atoms with E-state index >= 15 is 0 Å². The predicted molar refractivity (Wildman–Crippen MR) is 353 cm³/mol. The Labute approximate surface area is 488 Å². The van der Waals surface area contributed by atoms with Crippen molar-refractivity contribution in [3.63, 3.8) is 0 Å². The van der Waals surface area contributed by atoms with Gasteiger partial charge in [0.1, 0.15) is 0 Å². The molecular weight excluding hydrogens is 998 g/mol. The predicted octanol–water partition coefficient (Wildman–Crippen LogP) is 20.0. The smallest absolute Gasteiger partial charge is 0.252 e. The molecule has 0 bridgehead atoms. The molecular formula is C76H82BN3S. The van der Waals surface area contributed by atoms with Crippen LogP contribution in [0.2, 0.25) is 0 Å². The number of nitrogens with zero attached hydrogens (tertiary/aromatic N) is 3. The molecule has 0 unspecified atom stereocenters. The van der Waals surface area contributed by atoms with Crippen LogP contribution in [0, 0.1) is 0 Å². The average Bonchev–Trinajstić information content (AvgIpc) is 1.85. The normalized spacial score (nSPS) is 19.3. The van der Waals surface area contributed by atoms with Crippen molar-refractivity contribution in [1.82, 2.24) is 0 Å². The fourth-order valence-corrected chi connectivity index (χ4v) is 17.1. The van der Waals surface area contributed by atoms with Crippen LogP contribution in [0.15, 0.2) is 152 Å². The minimum absolute atomic E-state index is 0.00196. The zero-order valence-corrected chi connectivity index (χ0v) is 51.8. The molecule has 2 aliphatic heterocycles. The van der Waals surface area contributed by atoms with Crippen molar-refractivity contribution in [3.05, 3.63) is 191 Å². The summed E-state index contributed by atoms with van der Waals surface area (Å²) in [6.45, 7) is 37.1. The van der Waals surface area contributed by atoms with Gasteiger partial charge in [-0.1, -0.05) is 183 Å². The van der Waals surface area contributed by atoms with Gasteiger partial charge in [-0.3, -0.25) is 0 Å². The number of thiophene rings is 1. The van der Waals surface area contributed by atoms with Gasteiger partial charge in [-0.05, 0) is 205 Å². The molecule has 0 saturated heterocycles. The Balaban J connectivity index is 1.19. The van der Waals surface area contributed by atoms with E-state index in [0.717, 1.165) is 49.2 Å². The number of fused-ring (bicyclic) bond motifs is 10. The third kappa shape index (κ3) is 7.93. The summed E-state index contributed by atoms with van der Waals surface area (Å²) in [6, 6.07) is 60.1. The molecule has 0 fully saturated rings. The average molecular weight is 1080 g/mol. The molecule has 5 heteroatoms. The SMILES string of the molecule is CC(C)(C)c1ccc(N2c3cc4c(cc3B3c5cc6c(cc5N(c5ccc7c(c5)C(C)(C)CCC7(C)C)c5cc(N(c7ccccc7)c7ccccc7)cc2c53)C(C)(C)CCC6(C)C)C(C)(C)CCC4(C)C)c2c1sc1ccccc12. The highest BCUT2D eigenvalue weighted by atomic mass is 32.1. The highest BCUT2D eigenvalue weighted by Gasteiger charge is 2.50. The van der Waals surface area contributed by atoms with Crippen molar-refractivity contribution >= 4 is 106 Å². The lowest BCUT2D eigenvalue weighted by Gasteiger charge is -2.49. The fourth-order valence-electron chi connectivity index (χ4n) is 15.7. The van der Waals surface area contributed by atoms with Crippen LogP contribution in [-0.4, -0.2) is 6.71 Å². The molecule has 3 nitrogen and oxygen atoms in total. The Morgan fingerprint density at radius 3 is 1.37 bits per heavy atom. The number of anilines is 9. The standard InChI is InChI=1S/C76H82BN3S/c1-70(2,3)53-32-33-61(67-51-28-22-23-29-66(51)81-69(53)67)80-63-46-58-56(74(10,11)37-39-76(58,14)15)44-60(63)77-59-43-55-57(75(12,13)38-36-73(55,8)9)45-62(59)79(49-30-31-52-54(40-49)72(6,7)35-34-71(52,4)5)64-41-50(42-65(80)68(64)77)78(47-24-18-16-19-25-47)48-26-20-17-21-27-48/h16-33,40-46H,34-39H2,1-15H3. The summed E-state index contributed by atoms with van der Waals surface area (Å²) >= 11 is 1.97. The van der Waals surface area contributed by atoms with Crippen LogP contribution in [0.1, 0.15) is 181 Å². The third-order valence-corrected chi connectivity index (χ3v) is 22.1. The molecule has 0 atom stereocenters. The summed E-state index contributed by atoms with van der Waals surface area (Å²) in [7, 11) is 0. The molecule has 0 amide bonds. The molecule has 81 heavy (non-hydrogen) atoms. The summed E-state index contributed by atoms with van der Waals surface area (Å²) in [5, 5.41) is 2.67. The quantitative estimate of drug-likeness (QED) is 0.159. The van der Waals surface area contributed by atoms with Gasteiger partial charge in [-0.2, -0.15) is 0 Å². The van der Waals surface area contributed by atoms with Crippen LogP contribution in [0.25, 0.3) is 20.2 Å². The first-order valence-corrected chi connectivity index (χ1v) is 31.2. The van der Waals surface area contributed by atoms with Crippen molar-refractivity contribution in [2.75, 3.05) is 14.7 Å². The van der Waals surface area contributed by atoms with Gasteiger partial charge in [0.25, 0.3) is 6.71 Å².